The molecule has 1 aromatic carbocycles. The fraction of sp³-hybridized carbons (Fsp3) is 0.545. The molecule has 0 bridgehead atoms. The molecule has 2 heterocycles. The summed E-state index contributed by atoms with van der Waals surface area (Å²) in [7, 11) is 0. The van der Waals surface area contributed by atoms with Gasteiger partial charge in [-0.2, -0.15) is 0 Å². The zero-order chi connectivity index (χ0) is 22.4. The van der Waals surface area contributed by atoms with Crippen molar-refractivity contribution in [2.24, 2.45) is 5.41 Å². The van der Waals surface area contributed by atoms with E-state index in [1.807, 2.05) is 13.8 Å². The number of carbonyl (C=O) groups excluding carboxylic acids is 4. The number of alkyl halides is 1. The van der Waals surface area contributed by atoms with Crippen molar-refractivity contribution in [1.29, 1.82) is 0 Å². The van der Waals surface area contributed by atoms with Gasteiger partial charge < -0.3 is 9.80 Å². The molecule has 1 fully saturated rings. The molecule has 0 aliphatic carbocycles. The molecule has 3 rings (SSSR count). The zero-order valence-corrected chi connectivity index (χ0v) is 18.9. The Bertz CT molecular complexity index is 911. The Hall–Kier alpha value is -2.41. The Morgan fingerprint density at radius 2 is 1.43 bits per heavy atom. The van der Waals surface area contributed by atoms with Crippen molar-refractivity contribution in [1.82, 2.24) is 14.7 Å². The second-order valence-corrected chi connectivity index (χ2v) is 9.75. The molecule has 0 N–H and O–H groups in total. The van der Waals surface area contributed by atoms with E-state index in [-0.39, 0.29) is 35.1 Å². The van der Waals surface area contributed by atoms with Crippen LogP contribution in [0.2, 0.25) is 0 Å². The number of hydrogen-bond donors (Lipinski definition) is 0. The van der Waals surface area contributed by atoms with Crippen molar-refractivity contribution < 1.29 is 19.2 Å². The van der Waals surface area contributed by atoms with Gasteiger partial charge in [0.2, 0.25) is 5.91 Å². The van der Waals surface area contributed by atoms with E-state index in [1.54, 1.807) is 42.7 Å². The molecule has 4 amide bonds. The van der Waals surface area contributed by atoms with E-state index >= 15 is 0 Å². The van der Waals surface area contributed by atoms with Gasteiger partial charge in [-0.15, -0.1) is 11.6 Å². The van der Waals surface area contributed by atoms with Crippen LogP contribution in [0.4, 0.5) is 0 Å². The number of amides is 4. The van der Waals surface area contributed by atoms with Crippen molar-refractivity contribution in [3.05, 3.63) is 34.9 Å². The molecule has 30 heavy (non-hydrogen) atoms. The van der Waals surface area contributed by atoms with Crippen LogP contribution in [0.15, 0.2) is 18.2 Å². The summed E-state index contributed by atoms with van der Waals surface area (Å²) in [5.74, 6) is -0.714. The third-order valence-electron chi connectivity index (χ3n) is 5.57. The maximum atomic E-state index is 13.0. The Balaban J connectivity index is 1.73. The summed E-state index contributed by atoms with van der Waals surface area (Å²) in [6, 6.07) is 4.65. The minimum Gasteiger partial charge on any atom is -0.339 e. The summed E-state index contributed by atoms with van der Waals surface area (Å²) in [6.45, 7) is 10.7. The number of benzene rings is 1. The van der Waals surface area contributed by atoms with Gasteiger partial charge in [0.25, 0.3) is 17.7 Å². The van der Waals surface area contributed by atoms with E-state index in [4.69, 9.17) is 11.6 Å². The first-order valence-electron chi connectivity index (χ1n) is 10.1. The highest BCUT2D eigenvalue weighted by Gasteiger charge is 2.42. The number of fused-ring (bicyclic) bond motifs is 1. The van der Waals surface area contributed by atoms with E-state index in [0.29, 0.717) is 37.3 Å². The molecular formula is C22H28ClN3O4. The lowest BCUT2D eigenvalue weighted by Gasteiger charge is -2.38. The lowest BCUT2D eigenvalue weighted by molar-refractivity contribution is -0.140. The van der Waals surface area contributed by atoms with Gasteiger partial charge in [-0.05, 0) is 52.8 Å². The number of hydrogen-bond acceptors (Lipinski definition) is 4. The third kappa shape index (κ3) is 3.83. The Morgan fingerprint density at radius 1 is 0.900 bits per heavy atom. The van der Waals surface area contributed by atoms with Gasteiger partial charge >= 0.3 is 0 Å². The quantitative estimate of drug-likeness (QED) is 0.542. The molecule has 0 saturated carbocycles. The van der Waals surface area contributed by atoms with Crippen LogP contribution in [0.1, 0.15) is 65.7 Å². The van der Waals surface area contributed by atoms with Crippen LogP contribution >= 0.6 is 11.6 Å². The number of rotatable bonds is 3. The van der Waals surface area contributed by atoms with Gasteiger partial charge in [0.05, 0.1) is 16.5 Å². The number of carbonyl (C=O) groups is 4. The predicted molar refractivity (Wildman–Crippen MR) is 114 cm³/mol. The van der Waals surface area contributed by atoms with Crippen molar-refractivity contribution in [2.45, 2.75) is 40.2 Å². The summed E-state index contributed by atoms with van der Waals surface area (Å²) in [4.78, 5) is 55.6. The zero-order valence-electron chi connectivity index (χ0n) is 18.1. The molecule has 8 heteroatoms. The second kappa shape index (κ2) is 7.69. The molecular weight excluding hydrogens is 406 g/mol. The Labute approximate surface area is 181 Å². The lowest BCUT2D eigenvalue weighted by atomic mass is 9.94. The van der Waals surface area contributed by atoms with Gasteiger partial charge in [0.1, 0.15) is 0 Å². The fourth-order valence-electron chi connectivity index (χ4n) is 3.76. The summed E-state index contributed by atoms with van der Waals surface area (Å²) in [6.07, 6.45) is 0. The van der Waals surface area contributed by atoms with Gasteiger partial charge in [-0.3, -0.25) is 24.1 Å². The van der Waals surface area contributed by atoms with E-state index in [9.17, 15) is 19.2 Å². The first kappa shape index (κ1) is 22.3. The molecule has 0 unspecified atom stereocenters. The van der Waals surface area contributed by atoms with Crippen LogP contribution in [-0.4, -0.2) is 75.9 Å². The molecule has 0 radical (unpaired) electrons. The van der Waals surface area contributed by atoms with Crippen LogP contribution in [0, 0.1) is 5.41 Å². The number of imide groups is 1. The monoisotopic (exact) mass is 433 g/mol. The molecule has 1 aromatic rings. The molecule has 7 nitrogen and oxygen atoms in total. The fourth-order valence-corrected chi connectivity index (χ4v) is 3.88. The van der Waals surface area contributed by atoms with Gasteiger partial charge in [0, 0.05) is 43.2 Å². The highest BCUT2D eigenvalue weighted by atomic mass is 35.5. The topological polar surface area (TPSA) is 78.0 Å². The predicted octanol–water partition coefficient (Wildman–Crippen LogP) is 2.63. The van der Waals surface area contributed by atoms with Crippen molar-refractivity contribution in [2.75, 3.05) is 32.1 Å². The van der Waals surface area contributed by atoms with Crippen LogP contribution in [0.5, 0.6) is 0 Å². The average molecular weight is 434 g/mol. The van der Waals surface area contributed by atoms with Crippen LogP contribution < -0.4 is 0 Å². The third-order valence-corrected chi connectivity index (χ3v) is 6.24. The molecule has 0 aromatic heterocycles. The molecule has 162 valence electrons. The summed E-state index contributed by atoms with van der Waals surface area (Å²) in [5, 5.41) is 0. The highest BCUT2D eigenvalue weighted by Crippen LogP contribution is 2.30. The minimum atomic E-state index is -0.642. The number of nitrogens with zero attached hydrogens (tertiary/aromatic N) is 3. The van der Waals surface area contributed by atoms with E-state index in [0.717, 1.165) is 0 Å². The summed E-state index contributed by atoms with van der Waals surface area (Å²) >= 11 is 5.91. The molecule has 0 atom stereocenters. The number of piperazine rings is 1. The lowest BCUT2D eigenvalue weighted by Crippen LogP contribution is -2.53. The van der Waals surface area contributed by atoms with Crippen molar-refractivity contribution >= 4 is 35.2 Å². The standard InChI is InChI=1S/C22H28ClN3O4/c1-21(2,3)26-18(28)15-7-6-14(12-16(15)19(26)29)17(27)24-8-10-25(11-9-24)20(30)22(4,5)13-23/h6-7,12H,8-11,13H2,1-5H3. The first-order chi connectivity index (χ1) is 13.9. The van der Waals surface area contributed by atoms with E-state index < -0.39 is 11.0 Å². The maximum Gasteiger partial charge on any atom is 0.262 e. The van der Waals surface area contributed by atoms with Gasteiger partial charge in [-0.25, -0.2) is 0 Å². The first-order valence-corrected chi connectivity index (χ1v) is 10.6. The smallest absolute Gasteiger partial charge is 0.262 e. The van der Waals surface area contributed by atoms with E-state index in [2.05, 4.69) is 0 Å². The molecule has 1 saturated heterocycles. The normalized spacial score (nSPS) is 17.5. The number of halogens is 1. The SMILES string of the molecule is CC(C)(CCl)C(=O)N1CCN(C(=O)c2ccc3c(c2)C(=O)N(C(C)(C)C)C3=O)CC1. The van der Waals surface area contributed by atoms with Crippen molar-refractivity contribution in [3.63, 3.8) is 0 Å². The van der Waals surface area contributed by atoms with Gasteiger partial charge in [-0.1, -0.05) is 0 Å². The Morgan fingerprint density at radius 3 is 1.97 bits per heavy atom. The maximum absolute atomic E-state index is 13.0. The van der Waals surface area contributed by atoms with Crippen molar-refractivity contribution in [3.8, 4) is 0 Å². The second-order valence-electron chi connectivity index (χ2n) is 9.48. The minimum absolute atomic E-state index is 0.0199. The average Bonchev–Trinajstić information content (AvgIpc) is 2.96. The molecule has 2 aliphatic heterocycles. The highest BCUT2D eigenvalue weighted by molar-refractivity contribution is 6.22. The summed E-state index contributed by atoms with van der Waals surface area (Å²) < 4.78 is 0. The van der Waals surface area contributed by atoms with Crippen LogP contribution in [0.25, 0.3) is 0 Å². The van der Waals surface area contributed by atoms with Crippen LogP contribution in [0.3, 0.4) is 0 Å². The molecule has 0 spiro atoms. The molecule has 2 aliphatic rings. The summed E-state index contributed by atoms with van der Waals surface area (Å²) in [5.41, 5.74) is -0.327. The van der Waals surface area contributed by atoms with E-state index in [1.165, 1.54) is 11.0 Å². The Kier molecular flexibility index (Phi) is 5.71. The largest absolute Gasteiger partial charge is 0.339 e. The van der Waals surface area contributed by atoms with Crippen LogP contribution in [-0.2, 0) is 4.79 Å². The van der Waals surface area contributed by atoms with Gasteiger partial charge in [0.15, 0.2) is 0 Å².